The van der Waals surface area contributed by atoms with Crippen molar-refractivity contribution in [1.29, 1.82) is 0 Å². The van der Waals surface area contributed by atoms with E-state index in [9.17, 15) is 4.79 Å². The fraction of sp³-hybridized carbons (Fsp3) is 0.381. The number of hydrogen-bond donors (Lipinski definition) is 0. The summed E-state index contributed by atoms with van der Waals surface area (Å²) in [6, 6.07) is 16.5. The molecule has 0 spiro atoms. The third-order valence-electron chi connectivity index (χ3n) is 5.66. The molecule has 2 aromatic rings. The number of hydrogen-bond acceptors (Lipinski definition) is 3. The molecule has 1 saturated carbocycles. The van der Waals surface area contributed by atoms with Gasteiger partial charge in [-0.15, -0.1) is 23.2 Å². The Morgan fingerprint density at radius 3 is 2.27 bits per heavy atom. The van der Waals surface area contributed by atoms with Crippen LogP contribution in [0.15, 0.2) is 54.6 Å². The molecule has 3 nitrogen and oxygen atoms in total. The van der Waals surface area contributed by atoms with Crippen molar-refractivity contribution in [2.75, 3.05) is 0 Å². The highest BCUT2D eigenvalue weighted by Gasteiger charge is 2.73. The third kappa shape index (κ3) is 3.56. The molecule has 138 valence electrons. The summed E-state index contributed by atoms with van der Waals surface area (Å²) in [7, 11) is 0. The predicted molar refractivity (Wildman–Crippen MR) is 104 cm³/mol. The molecule has 0 radical (unpaired) electrons. The normalized spacial score (nSPS) is 23.5. The number of ether oxygens (including phenoxy) is 2. The molecule has 0 aromatic heterocycles. The summed E-state index contributed by atoms with van der Waals surface area (Å²) in [5, 5.41) is 0. The first-order valence-corrected chi connectivity index (χ1v) is 9.46. The molecular weight excluding hydrogens is 371 g/mol. The van der Waals surface area contributed by atoms with Gasteiger partial charge < -0.3 is 9.47 Å². The SMILES string of the molecule is CC1(C)C(CC(Cl)Cl)C1(C)C(=O)Oc1cccc(Oc2ccccc2)c1. The minimum Gasteiger partial charge on any atom is -0.457 e. The van der Waals surface area contributed by atoms with E-state index in [0.29, 0.717) is 17.9 Å². The summed E-state index contributed by atoms with van der Waals surface area (Å²) < 4.78 is 11.5. The zero-order chi connectivity index (χ0) is 18.9. The lowest BCUT2D eigenvalue weighted by Crippen LogP contribution is -2.24. The molecule has 1 aliphatic carbocycles. The van der Waals surface area contributed by atoms with Crippen LogP contribution in [-0.4, -0.2) is 10.8 Å². The maximum Gasteiger partial charge on any atom is 0.318 e. The highest BCUT2D eigenvalue weighted by Crippen LogP contribution is 2.71. The smallest absolute Gasteiger partial charge is 0.318 e. The van der Waals surface area contributed by atoms with Crippen molar-refractivity contribution in [2.24, 2.45) is 16.7 Å². The number of para-hydroxylation sites is 1. The number of rotatable bonds is 6. The van der Waals surface area contributed by atoms with E-state index < -0.39 is 10.3 Å². The maximum atomic E-state index is 12.8. The molecule has 26 heavy (non-hydrogen) atoms. The van der Waals surface area contributed by atoms with Gasteiger partial charge in [0.05, 0.1) is 5.41 Å². The first-order chi connectivity index (χ1) is 12.2. The summed E-state index contributed by atoms with van der Waals surface area (Å²) in [6.45, 7) is 6.01. The van der Waals surface area contributed by atoms with Crippen molar-refractivity contribution in [2.45, 2.75) is 32.0 Å². The van der Waals surface area contributed by atoms with Crippen LogP contribution >= 0.6 is 23.2 Å². The molecular formula is C21H22Cl2O3. The zero-order valence-corrected chi connectivity index (χ0v) is 16.6. The fourth-order valence-corrected chi connectivity index (χ4v) is 4.01. The van der Waals surface area contributed by atoms with Crippen molar-refractivity contribution in [3.05, 3.63) is 54.6 Å². The average Bonchev–Trinajstić information content (AvgIpc) is 3.02. The Bertz CT molecular complexity index is 789. The summed E-state index contributed by atoms with van der Waals surface area (Å²) in [6.07, 6.45) is 0.568. The number of halogens is 2. The molecule has 0 aliphatic heterocycles. The van der Waals surface area contributed by atoms with Crippen molar-refractivity contribution in [3.63, 3.8) is 0 Å². The molecule has 3 rings (SSSR count). The van der Waals surface area contributed by atoms with Gasteiger partial charge in [-0.1, -0.05) is 38.1 Å². The van der Waals surface area contributed by atoms with Crippen LogP contribution in [0.3, 0.4) is 0 Å². The Morgan fingerprint density at radius 2 is 1.62 bits per heavy atom. The Kier molecular flexibility index (Phi) is 5.23. The van der Waals surface area contributed by atoms with Crippen LogP contribution in [0.2, 0.25) is 0 Å². The largest absolute Gasteiger partial charge is 0.457 e. The second-order valence-corrected chi connectivity index (χ2v) is 8.66. The maximum absolute atomic E-state index is 12.8. The van der Waals surface area contributed by atoms with Gasteiger partial charge in [0.1, 0.15) is 22.1 Å². The Labute approximate surface area is 164 Å². The van der Waals surface area contributed by atoms with Crippen molar-refractivity contribution in [1.82, 2.24) is 0 Å². The zero-order valence-electron chi connectivity index (χ0n) is 15.0. The van der Waals surface area contributed by atoms with Gasteiger partial charge in [-0.2, -0.15) is 0 Å². The van der Waals surface area contributed by atoms with Crippen molar-refractivity contribution in [3.8, 4) is 17.2 Å². The highest BCUT2D eigenvalue weighted by molar-refractivity contribution is 6.44. The van der Waals surface area contributed by atoms with Crippen molar-refractivity contribution >= 4 is 29.2 Å². The summed E-state index contributed by atoms with van der Waals surface area (Å²) in [5.74, 6) is 1.62. The van der Waals surface area contributed by atoms with Gasteiger partial charge in [0.2, 0.25) is 0 Å². The molecule has 2 atom stereocenters. The van der Waals surface area contributed by atoms with Gasteiger partial charge >= 0.3 is 5.97 Å². The van der Waals surface area contributed by atoms with Gasteiger partial charge in [0, 0.05) is 6.07 Å². The molecule has 0 amide bonds. The summed E-state index contributed by atoms with van der Waals surface area (Å²) >= 11 is 11.9. The van der Waals surface area contributed by atoms with Crippen LogP contribution < -0.4 is 9.47 Å². The number of benzene rings is 2. The number of carbonyl (C=O) groups is 1. The van der Waals surface area contributed by atoms with E-state index in [4.69, 9.17) is 32.7 Å². The van der Waals surface area contributed by atoms with E-state index in [1.54, 1.807) is 18.2 Å². The second kappa shape index (κ2) is 7.13. The lowest BCUT2D eigenvalue weighted by molar-refractivity contribution is -0.141. The topological polar surface area (TPSA) is 35.5 Å². The van der Waals surface area contributed by atoms with E-state index in [0.717, 1.165) is 5.75 Å². The molecule has 2 unspecified atom stereocenters. The third-order valence-corrected chi connectivity index (χ3v) is 6.01. The van der Waals surface area contributed by atoms with E-state index in [1.807, 2.05) is 57.2 Å². The van der Waals surface area contributed by atoms with Crippen LogP contribution in [0.4, 0.5) is 0 Å². The van der Waals surface area contributed by atoms with Crippen LogP contribution in [0, 0.1) is 16.7 Å². The minimum atomic E-state index is -0.606. The van der Waals surface area contributed by atoms with E-state index in [1.165, 1.54) is 0 Å². The van der Waals surface area contributed by atoms with Crippen LogP contribution in [-0.2, 0) is 4.79 Å². The van der Waals surface area contributed by atoms with Crippen molar-refractivity contribution < 1.29 is 14.3 Å². The Morgan fingerprint density at radius 1 is 1.00 bits per heavy atom. The van der Waals surface area contributed by atoms with E-state index >= 15 is 0 Å². The molecule has 0 heterocycles. The van der Waals surface area contributed by atoms with Gasteiger partial charge in [-0.3, -0.25) is 4.79 Å². The van der Waals surface area contributed by atoms with Crippen LogP contribution in [0.5, 0.6) is 17.2 Å². The molecule has 0 bridgehead atoms. The number of alkyl halides is 2. The lowest BCUT2D eigenvalue weighted by Gasteiger charge is -2.14. The fourth-order valence-electron chi connectivity index (χ4n) is 3.65. The van der Waals surface area contributed by atoms with Crippen LogP contribution in [0.1, 0.15) is 27.2 Å². The Balaban J connectivity index is 1.71. The first kappa shape index (κ1) is 19.1. The predicted octanol–water partition coefficient (Wildman–Crippen LogP) is 6.24. The highest BCUT2D eigenvalue weighted by atomic mass is 35.5. The molecule has 5 heteroatoms. The molecule has 0 saturated heterocycles. The minimum absolute atomic E-state index is 0.0891. The number of esters is 1. The lowest BCUT2D eigenvalue weighted by atomic mass is 9.98. The molecule has 1 fully saturated rings. The number of carbonyl (C=O) groups excluding carboxylic acids is 1. The standard InChI is InChI=1S/C21H22Cl2O3/c1-20(2)17(13-18(22)23)21(20,3)19(24)26-16-11-7-10-15(12-16)25-14-8-5-4-6-9-14/h4-12,17-18H,13H2,1-3H3. The first-order valence-electron chi connectivity index (χ1n) is 8.58. The molecule has 0 N–H and O–H groups in total. The van der Waals surface area contributed by atoms with E-state index in [2.05, 4.69) is 0 Å². The summed E-state index contributed by atoms with van der Waals surface area (Å²) in [4.78, 5) is 12.3. The quantitative estimate of drug-likeness (QED) is 0.331. The van der Waals surface area contributed by atoms with E-state index in [-0.39, 0.29) is 17.3 Å². The molecule has 1 aliphatic rings. The average molecular weight is 393 g/mol. The monoisotopic (exact) mass is 392 g/mol. The van der Waals surface area contributed by atoms with Gasteiger partial charge in [0.25, 0.3) is 0 Å². The van der Waals surface area contributed by atoms with Gasteiger partial charge in [0.15, 0.2) is 0 Å². The Hall–Kier alpha value is -1.71. The van der Waals surface area contributed by atoms with Gasteiger partial charge in [-0.25, -0.2) is 0 Å². The van der Waals surface area contributed by atoms with Gasteiger partial charge in [-0.05, 0) is 48.9 Å². The summed E-state index contributed by atoms with van der Waals surface area (Å²) in [5.41, 5.74) is -0.810. The second-order valence-electron chi connectivity index (χ2n) is 7.38. The molecule has 2 aromatic carbocycles. The van der Waals surface area contributed by atoms with Crippen LogP contribution in [0.25, 0.3) is 0 Å².